The van der Waals surface area contributed by atoms with Gasteiger partial charge in [0, 0.05) is 5.41 Å². The first-order valence-corrected chi connectivity index (χ1v) is 9.41. The molecule has 24 heavy (non-hydrogen) atoms. The van der Waals surface area contributed by atoms with E-state index in [1.807, 2.05) is 26.8 Å². The van der Waals surface area contributed by atoms with Crippen LogP contribution in [-0.4, -0.2) is 5.11 Å². The van der Waals surface area contributed by atoms with Crippen molar-refractivity contribution in [1.29, 1.82) is 0 Å². The number of phenols is 1. The molecule has 1 aliphatic carbocycles. The van der Waals surface area contributed by atoms with E-state index >= 15 is 0 Å². The lowest BCUT2D eigenvalue weighted by molar-refractivity contribution is 0.345. The van der Waals surface area contributed by atoms with Crippen molar-refractivity contribution in [2.45, 2.75) is 72.1 Å². The standard InChI is InChI=1S/C21H26O.C2H6/c1-15-7-8-18(13-16(15)2)21(11-5-4-6-12-21)19-9-10-20(22)17(3)14-19;1-2/h7-10,13-14,22H,4-6,11-12H2,1-3H3;1-2H3. The van der Waals surface area contributed by atoms with Gasteiger partial charge in [0.15, 0.2) is 0 Å². The predicted octanol–water partition coefficient (Wildman–Crippen LogP) is 6.59. The third kappa shape index (κ3) is 3.50. The fraction of sp³-hybridized carbons (Fsp3) is 0.478. The summed E-state index contributed by atoms with van der Waals surface area (Å²) in [7, 11) is 0. The second-order valence-corrected chi connectivity index (χ2v) is 6.94. The second-order valence-electron chi connectivity index (χ2n) is 6.94. The molecule has 0 aliphatic heterocycles. The van der Waals surface area contributed by atoms with Gasteiger partial charge < -0.3 is 5.11 Å². The lowest BCUT2D eigenvalue weighted by Crippen LogP contribution is -2.30. The largest absolute Gasteiger partial charge is 0.508 e. The number of aromatic hydroxyl groups is 1. The lowest BCUT2D eigenvalue weighted by Gasteiger charge is -2.39. The van der Waals surface area contributed by atoms with Crippen LogP contribution in [0, 0.1) is 20.8 Å². The van der Waals surface area contributed by atoms with Gasteiger partial charge in [-0.15, -0.1) is 0 Å². The second kappa shape index (κ2) is 7.88. The molecule has 2 aromatic rings. The van der Waals surface area contributed by atoms with Crippen LogP contribution in [0.15, 0.2) is 36.4 Å². The highest BCUT2D eigenvalue weighted by Crippen LogP contribution is 2.46. The molecule has 1 fully saturated rings. The predicted molar refractivity (Wildman–Crippen MR) is 104 cm³/mol. The topological polar surface area (TPSA) is 20.2 Å². The third-order valence-electron chi connectivity index (χ3n) is 5.52. The molecule has 0 amide bonds. The van der Waals surface area contributed by atoms with Crippen molar-refractivity contribution >= 4 is 0 Å². The highest BCUT2D eigenvalue weighted by Gasteiger charge is 2.36. The molecule has 0 bridgehead atoms. The molecule has 0 unspecified atom stereocenters. The van der Waals surface area contributed by atoms with E-state index in [4.69, 9.17) is 0 Å². The minimum absolute atomic E-state index is 0.120. The van der Waals surface area contributed by atoms with E-state index in [1.54, 1.807) is 0 Å². The Morgan fingerprint density at radius 2 is 1.25 bits per heavy atom. The van der Waals surface area contributed by atoms with Crippen LogP contribution in [0.3, 0.4) is 0 Å². The summed E-state index contributed by atoms with van der Waals surface area (Å²) in [5.41, 5.74) is 6.64. The molecule has 1 heteroatoms. The Labute approximate surface area is 147 Å². The zero-order valence-electron chi connectivity index (χ0n) is 15.9. The minimum Gasteiger partial charge on any atom is -0.508 e. The quantitative estimate of drug-likeness (QED) is 0.660. The smallest absolute Gasteiger partial charge is 0.118 e. The van der Waals surface area contributed by atoms with Gasteiger partial charge in [0.2, 0.25) is 0 Å². The molecule has 1 nitrogen and oxygen atoms in total. The van der Waals surface area contributed by atoms with Gasteiger partial charge in [-0.25, -0.2) is 0 Å². The zero-order valence-corrected chi connectivity index (χ0v) is 15.9. The van der Waals surface area contributed by atoms with Gasteiger partial charge in [-0.05, 0) is 67.5 Å². The van der Waals surface area contributed by atoms with Crippen molar-refractivity contribution in [2.75, 3.05) is 0 Å². The van der Waals surface area contributed by atoms with Crippen molar-refractivity contribution in [3.63, 3.8) is 0 Å². The molecule has 0 atom stereocenters. The van der Waals surface area contributed by atoms with E-state index in [0.717, 1.165) is 5.56 Å². The lowest BCUT2D eigenvalue weighted by atomic mass is 9.65. The molecule has 0 heterocycles. The Bertz CT molecular complexity index is 625. The van der Waals surface area contributed by atoms with Gasteiger partial charge in [-0.2, -0.15) is 0 Å². The number of phenolic OH excluding ortho intramolecular Hbond substituents is 1. The normalized spacial score (nSPS) is 16.2. The van der Waals surface area contributed by atoms with Gasteiger partial charge in [-0.1, -0.05) is 63.4 Å². The van der Waals surface area contributed by atoms with Crippen LogP contribution >= 0.6 is 0 Å². The maximum absolute atomic E-state index is 9.88. The molecule has 0 saturated heterocycles. The van der Waals surface area contributed by atoms with Gasteiger partial charge >= 0.3 is 0 Å². The molecule has 1 aliphatic rings. The first kappa shape index (κ1) is 18.6. The first-order valence-electron chi connectivity index (χ1n) is 9.41. The summed E-state index contributed by atoms with van der Waals surface area (Å²) in [6.07, 6.45) is 6.32. The molecule has 1 saturated carbocycles. The zero-order chi connectivity index (χ0) is 17.7. The summed E-state index contributed by atoms with van der Waals surface area (Å²) in [6.45, 7) is 10.4. The molecule has 0 aromatic heterocycles. The Kier molecular flexibility index (Phi) is 6.10. The summed E-state index contributed by atoms with van der Waals surface area (Å²) in [4.78, 5) is 0. The highest BCUT2D eigenvalue weighted by molar-refractivity contribution is 5.46. The molecule has 0 spiro atoms. The van der Waals surface area contributed by atoms with Gasteiger partial charge in [-0.3, -0.25) is 0 Å². The Morgan fingerprint density at radius 1 is 0.708 bits per heavy atom. The average Bonchev–Trinajstić information content (AvgIpc) is 2.62. The Balaban J connectivity index is 0.00000100. The minimum atomic E-state index is 0.120. The summed E-state index contributed by atoms with van der Waals surface area (Å²) in [5, 5.41) is 9.88. The van der Waals surface area contributed by atoms with E-state index in [0.29, 0.717) is 5.75 Å². The molecular weight excluding hydrogens is 292 g/mol. The number of aryl methyl sites for hydroxylation is 3. The van der Waals surface area contributed by atoms with Crippen LogP contribution in [-0.2, 0) is 5.41 Å². The SMILES string of the molecule is CC.Cc1ccc(C2(c3ccc(O)c(C)c3)CCCCC2)cc1C. The van der Waals surface area contributed by atoms with E-state index in [2.05, 4.69) is 44.2 Å². The highest BCUT2D eigenvalue weighted by atomic mass is 16.3. The van der Waals surface area contributed by atoms with Gasteiger partial charge in [0.05, 0.1) is 0 Å². The number of hydrogen-bond donors (Lipinski definition) is 1. The van der Waals surface area contributed by atoms with Crippen LogP contribution in [0.25, 0.3) is 0 Å². The van der Waals surface area contributed by atoms with Crippen molar-refractivity contribution in [3.8, 4) is 5.75 Å². The molecule has 3 rings (SSSR count). The summed E-state index contributed by atoms with van der Waals surface area (Å²) >= 11 is 0. The summed E-state index contributed by atoms with van der Waals surface area (Å²) in [5.74, 6) is 0.398. The van der Waals surface area contributed by atoms with Crippen molar-refractivity contribution in [2.24, 2.45) is 0 Å². The molecule has 130 valence electrons. The molecule has 0 radical (unpaired) electrons. The maximum atomic E-state index is 9.88. The Hall–Kier alpha value is -1.76. The van der Waals surface area contributed by atoms with Crippen molar-refractivity contribution in [1.82, 2.24) is 0 Å². The summed E-state index contributed by atoms with van der Waals surface area (Å²) in [6, 6.07) is 13.1. The summed E-state index contributed by atoms with van der Waals surface area (Å²) < 4.78 is 0. The van der Waals surface area contributed by atoms with Gasteiger partial charge in [0.25, 0.3) is 0 Å². The third-order valence-corrected chi connectivity index (χ3v) is 5.52. The molecule has 1 N–H and O–H groups in total. The fourth-order valence-electron chi connectivity index (χ4n) is 3.89. The van der Waals surface area contributed by atoms with Crippen LogP contribution in [0.1, 0.15) is 73.8 Å². The van der Waals surface area contributed by atoms with Crippen LogP contribution in [0.2, 0.25) is 0 Å². The number of rotatable bonds is 2. The molecular formula is C23H32O. The van der Waals surface area contributed by atoms with E-state index in [-0.39, 0.29) is 5.41 Å². The average molecular weight is 325 g/mol. The Morgan fingerprint density at radius 3 is 1.79 bits per heavy atom. The van der Waals surface area contributed by atoms with Crippen molar-refractivity contribution < 1.29 is 5.11 Å². The van der Waals surface area contributed by atoms with Crippen molar-refractivity contribution in [3.05, 3.63) is 64.2 Å². The maximum Gasteiger partial charge on any atom is 0.118 e. The molecule has 2 aromatic carbocycles. The number of hydrogen-bond acceptors (Lipinski definition) is 1. The van der Waals surface area contributed by atoms with E-state index in [9.17, 15) is 5.11 Å². The van der Waals surface area contributed by atoms with E-state index in [1.165, 1.54) is 54.4 Å². The number of benzene rings is 2. The fourth-order valence-corrected chi connectivity index (χ4v) is 3.89. The van der Waals surface area contributed by atoms with Crippen LogP contribution < -0.4 is 0 Å². The van der Waals surface area contributed by atoms with E-state index < -0.39 is 0 Å². The van der Waals surface area contributed by atoms with Crippen LogP contribution in [0.5, 0.6) is 5.75 Å². The van der Waals surface area contributed by atoms with Gasteiger partial charge in [0.1, 0.15) is 5.75 Å². The monoisotopic (exact) mass is 324 g/mol. The van der Waals surface area contributed by atoms with Crippen LogP contribution in [0.4, 0.5) is 0 Å². The first-order chi connectivity index (χ1) is 11.5.